The topological polar surface area (TPSA) is 122 Å². The number of esters is 1. The van der Waals surface area contributed by atoms with Crippen molar-refractivity contribution in [3.63, 3.8) is 0 Å². The van der Waals surface area contributed by atoms with Crippen molar-refractivity contribution in [1.29, 1.82) is 0 Å². The van der Waals surface area contributed by atoms with Crippen molar-refractivity contribution in [1.82, 2.24) is 9.97 Å². The summed E-state index contributed by atoms with van der Waals surface area (Å²) in [6.45, 7) is 2.60. The van der Waals surface area contributed by atoms with Crippen molar-refractivity contribution in [3.05, 3.63) is 113 Å². The Kier molecular flexibility index (Phi) is 9.94. The maximum atomic E-state index is 14.6. The van der Waals surface area contributed by atoms with Gasteiger partial charge >= 0.3 is 5.97 Å². The van der Waals surface area contributed by atoms with Crippen LogP contribution in [-0.4, -0.2) is 49.0 Å². The third-order valence-corrected chi connectivity index (χ3v) is 8.75. The molecule has 240 valence electrons. The predicted octanol–water partition coefficient (Wildman–Crippen LogP) is 5.85. The van der Waals surface area contributed by atoms with Gasteiger partial charge in [0.1, 0.15) is 41.0 Å². The van der Waals surface area contributed by atoms with Crippen molar-refractivity contribution in [2.24, 2.45) is 0 Å². The molecule has 1 saturated heterocycles. The van der Waals surface area contributed by atoms with Gasteiger partial charge in [0.05, 0.1) is 23.2 Å². The molecule has 1 aliphatic rings. The molecule has 4 aromatic rings. The highest BCUT2D eigenvalue weighted by Crippen LogP contribution is 2.35. The zero-order valence-electron chi connectivity index (χ0n) is 24.8. The number of carbonyl (C=O) groups excluding carboxylic acids is 2. The molecule has 0 radical (unpaired) electrons. The van der Waals surface area contributed by atoms with Crippen molar-refractivity contribution in [2.75, 3.05) is 6.61 Å². The van der Waals surface area contributed by atoms with E-state index in [0.717, 1.165) is 35.9 Å². The van der Waals surface area contributed by atoms with Gasteiger partial charge in [-0.1, -0.05) is 23.8 Å². The van der Waals surface area contributed by atoms with Gasteiger partial charge < -0.3 is 9.47 Å². The normalized spacial score (nSPS) is 18.2. The molecule has 9 nitrogen and oxygen atoms in total. The first-order chi connectivity index (χ1) is 21.9. The maximum absolute atomic E-state index is 14.6. The molecule has 2 aromatic carbocycles. The Balaban J connectivity index is 1.36. The first-order valence-corrected chi connectivity index (χ1v) is 15.7. The lowest BCUT2D eigenvalue weighted by Gasteiger charge is -2.36. The summed E-state index contributed by atoms with van der Waals surface area (Å²) in [6.07, 6.45) is 0.878. The van der Waals surface area contributed by atoms with E-state index in [0.29, 0.717) is 24.0 Å². The van der Waals surface area contributed by atoms with E-state index in [-0.39, 0.29) is 17.0 Å². The van der Waals surface area contributed by atoms with Gasteiger partial charge in [0.15, 0.2) is 5.78 Å². The summed E-state index contributed by atoms with van der Waals surface area (Å²) in [7, 11) is -4.15. The van der Waals surface area contributed by atoms with Crippen LogP contribution in [0.25, 0.3) is 11.3 Å². The standard InChI is InChI=1S/C33H29F3N2O7S/c1-19-6-8-22(9-7-19)46(41,42)43-18-31-30(44-20(2)39)13-12-29(45-31)23-14-15-37-17-21(23)16-28(40)27-11-10-26(36)33(38-27)32-24(34)4-3-5-25(32)35/h3-11,14-15,17,29-31H,12-13,16,18H2,1-2H3/t29-,30+,31-/m1/s1. The van der Waals surface area contributed by atoms with Crippen molar-refractivity contribution in [3.8, 4) is 11.3 Å². The molecule has 0 saturated carbocycles. The highest BCUT2D eigenvalue weighted by atomic mass is 32.2. The second kappa shape index (κ2) is 13.9. The molecule has 0 bridgehead atoms. The van der Waals surface area contributed by atoms with Gasteiger partial charge in [-0.15, -0.1) is 0 Å². The number of nitrogens with zero attached hydrogens (tertiary/aromatic N) is 2. The fourth-order valence-corrected chi connectivity index (χ4v) is 6.10. The zero-order valence-corrected chi connectivity index (χ0v) is 25.6. The third-order valence-electron chi connectivity index (χ3n) is 7.45. The molecule has 0 amide bonds. The zero-order chi connectivity index (χ0) is 33.0. The Morgan fingerprint density at radius 1 is 0.957 bits per heavy atom. The molecule has 0 unspecified atom stereocenters. The minimum atomic E-state index is -4.15. The Labute approximate surface area is 263 Å². The molecule has 3 atom stereocenters. The Morgan fingerprint density at radius 3 is 2.37 bits per heavy atom. The van der Waals surface area contributed by atoms with Crippen LogP contribution in [0.15, 0.2) is 78.0 Å². The molecule has 2 aromatic heterocycles. The van der Waals surface area contributed by atoms with Gasteiger partial charge in [0.25, 0.3) is 10.1 Å². The van der Waals surface area contributed by atoms with Crippen LogP contribution < -0.4 is 0 Å². The summed E-state index contributed by atoms with van der Waals surface area (Å²) in [4.78, 5) is 33.1. The molecule has 46 heavy (non-hydrogen) atoms. The summed E-state index contributed by atoms with van der Waals surface area (Å²) in [6, 6.07) is 12.8. The van der Waals surface area contributed by atoms with E-state index < -0.39 is 75.5 Å². The highest BCUT2D eigenvalue weighted by Gasteiger charge is 2.36. The number of carbonyl (C=O) groups is 2. The smallest absolute Gasteiger partial charge is 0.302 e. The van der Waals surface area contributed by atoms with Gasteiger partial charge in [-0.3, -0.25) is 18.8 Å². The van der Waals surface area contributed by atoms with Crippen LogP contribution in [-0.2, 0) is 35.0 Å². The Bertz CT molecular complexity index is 1850. The molecular weight excluding hydrogens is 625 g/mol. The Morgan fingerprint density at radius 2 is 1.67 bits per heavy atom. The quantitative estimate of drug-likeness (QED) is 0.118. The fourth-order valence-electron chi connectivity index (χ4n) is 5.18. The molecule has 5 rings (SSSR count). The van der Waals surface area contributed by atoms with Crippen molar-refractivity contribution >= 4 is 21.9 Å². The third kappa shape index (κ3) is 7.49. The van der Waals surface area contributed by atoms with Gasteiger partial charge in [-0.2, -0.15) is 8.42 Å². The number of halogens is 3. The van der Waals surface area contributed by atoms with E-state index in [1.807, 2.05) is 6.92 Å². The van der Waals surface area contributed by atoms with Gasteiger partial charge in [-0.25, -0.2) is 18.2 Å². The van der Waals surface area contributed by atoms with Crippen LogP contribution >= 0.6 is 0 Å². The molecule has 1 fully saturated rings. The molecule has 1 aliphatic heterocycles. The van der Waals surface area contributed by atoms with Crippen molar-refractivity contribution in [2.45, 2.75) is 56.3 Å². The van der Waals surface area contributed by atoms with Crippen LogP contribution in [0.1, 0.15) is 53.0 Å². The molecule has 3 heterocycles. The summed E-state index contributed by atoms with van der Waals surface area (Å²) < 4.78 is 86.0. The van der Waals surface area contributed by atoms with E-state index in [1.54, 1.807) is 18.2 Å². The van der Waals surface area contributed by atoms with Crippen LogP contribution in [0.3, 0.4) is 0 Å². The van der Waals surface area contributed by atoms with Crippen LogP contribution in [0.5, 0.6) is 0 Å². The number of Topliss-reactive ketones (excluding diaryl/α,β-unsaturated/α-hetero) is 1. The molecule has 0 N–H and O–H groups in total. The number of pyridine rings is 2. The van der Waals surface area contributed by atoms with Gasteiger partial charge in [0, 0.05) is 25.7 Å². The molecule has 13 heteroatoms. The minimum absolute atomic E-state index is 0.0419. The van der Waals surface area contributed by atoms with Crippen LogP contribution in [0, 0.1) is 24.4 Å². The largest absolute Gasteiger partial charge is 0.460 e. The molecule has 0 aliphatic carbocycles. The average molecular weight is 655 g/mol. The number of aryl methyl sites for hydroxylation is 1. The second-order valence-electron chi connectivity index (χ2n) is 10.7. The Hall–Kier alpha value is -4.46. The lowest BCUT2D eigenvalue weighted by Crippen LogP contribution is -2.42. The maximum Gasteiger partial charge on any atom is 0.302 e. The molecule has 0 spiro atoms. The number of ether oxygens (including phenoxy) is 2. The lowest BCUT2D eigenvalue weighted by atomic mass is 9.92. The van der Waals surface area contributed by atoms with Crippen LogP contribution in [0.4, 0.5) is 13.2 Å². The van der Waals surface area contributed by atoms with Crippen molar-refractivity contribution < 1.29 is 44.8 Å². The van der Waals surface area contributed by atoms with Crippen LogP contribution in [0.2, 0.25) is 0 Å². The first-order valence-electron chi connectivity index (χ1n) is 14.3. The summed E-state index contributed by atoms with van der Waals surface area (Å²) in [5.41, 5.74) is 0.309. The minimum Gasteiger partial charge on any atom is -0.460 e. The van der Waals surface area contributed by atoms with E-state index in [4.69, 9.17) is 13.7 Å². The summed E-state index contributed by atoms with van der Waals surface area (Å²) >= 11 is 0. The van der Waals surface area contributed by atoms with Gasteiger partial charge in [0.2, 0.25) is 0 Å². The lowest BCUT2D eigenvalue weighted by molar-refractivity contribution is -0.174. The highest BCUT2D eigenvalue weighted by molar-refractivity contribution is 7.86. The number of benzene rings is 2. The fraction of sp³-hybridized carbons (Fsp3) is 0.273. The molecular formula is C33H29F3N2O7S. The van der Waals surface area contributed by atoms with E-state index in [9.17, 15) is 31.2 Å². The van der Waals surface area contributed by atoms with Gasteiger partial charge in [-0.05, 0) is 73.4 Å². The SMILES string of the molecule is CC(=O)O[C@H]1CC[C@H](c2ccncc2CC(=O)c2ccc(F)c(-c3c(F)cccc3F)n2)O[C@@H]1COS(=O)(=O)c1ccc(C)cc1. The van der Waals surface area contributed by atoms with E-state index in [2.05, 4.69) is 9.97 Å². The number of aromatic nitrogens is 2. The summed E-state index contributed by atoms with van der Waals surface area (Å²) in [5.74, 6) is -4.22. The first kappa shape index (κ1) is 32.9. The van der Waals surface area contributed by atoms with E-state index >= 15 is 0 Å². The number of hydrogen-bond donors (Lipinski definition) is 0. The number of ketones is 1. The average Bonchev–Trinajstić information content (AvgIpc) is 3.01. The predicted molar refractivity (Wildman–Crippen MR) is 159 cm³/mol. The number of rotatable bonds is 10. The second-order valence-corrected chi connectivity index (χ2v) is 12.4. The van der Waals surface area contributed by atoms with E-state index in [1.165, 1.54) is 31.5 Å². The summed E-state index contributed by atoms with van der Waals surface area (Å²) in [5, 5.41) is 0. The monoisotopic (exact) mass is 654 g/mol. The number of hydrogen-bond acceptors (Lipinski definition) is 9.